The predicted molar refractivity (Wildman–Crippen MR) is 76.7 cm³/mol. The lowest BCUT2D eigenvalue weighted by atomic mass is 10.1. The highest BCUT2D eigenvalue weighted by Gasteiger charge is 2.10. The number of nitrogens with zero attached hydrogens (tertiary/aromatic N) is 4. The minimum Gasteiger partial charge on any atom is -0.385 e. The summed E-state index contributed by atoms with van der Waals surface area (Å²) in [5, 5.41) is 14.8. The largest absolute Gasteiger partial charge is 0.385 e. The lowest BCUT2D eigenvalue weighted by Gasteiger charge is -2.20. The van der Waals surface area contributed by atoms with Crippen LogP contribution in [0.2, 0.25) is 0 Å². The van der Waals surface area contributed by atoms with Crippen molar-refractivity contribution < 1.29 is 4.74 Å². The first-order valence-corrected chi connectivity index (χ1v) is 6.79. The van der Waals surface area contributed by atoms with Crippen LogP contribution in [0, 0.1) is 0 Å². The van der Waals surface area contributed by atoms with Crippen molar-refractivity contribution in [2.45, 2.75) is 32.4 Å². The smallest absolute Gasteiger partial charge is 0.143 e. The molecule has 1 heterocycles. The molecule has 0 aliphatic heterocycles. The van der Waals surface area contributed by atoms with Crippen LogP contribution in [0.15, 0.2) is 30.6 Å². The molecule has 2 unspecified atom stereocenters. The normalized spacial score (nSPS) is 14.2. The standard InChI is InChI=1S/C14H21N5O/c1-11(7-8-20-3)16-12(2)13-5-4-6-14(9-13)19-10-15-17-18-19/h4-6,9-12,16H,7-8H2,1-3H3. The summed E-state index contributed by atoms with van der Waals surface area (Å²) in [6.45, 7) is 5.09. The van der Waals surface area contributed by atoms with E-state index in [0.717, 1.165) is 18.7 Å². The number of aromatic nitrogens is 4. The molecule has 0 saturated carbocycles. The van der Waals surface area contributed by atoms with Gasteiger partial charge in [-0.05, 0) is 48.4 Å². The average Bonchev–Trinajstić information content (AvgIpc) is 2.99. The second-order valence-electron chi connectivity index (χ2n) is 4.92. The first-order valence-electron chi connectivity index (χ1n) is 6.79. The number of nitrogens with one attached hydrogen (secondary N) is 1. The Labute approximate surface area is 119 Å². The van der Waals surface area contributed by atoms with E-state index in [2.05, 4.69) is 46.8 Å². The summed E-state index contributed by atoms with van der Waals surface area (Å²) in [5.74, 6) is 0. The zero-order chi connectivity index (χ0) is 14.4. The highest BCUT2D eigenvalue weighted by atomic mass is 16.5. The number of benzene rings is 1. The number of ether oxygens (including phenoxy) is 1. The van der Waals surface area contributed by atoms with Gasteiger partial charge in [-0.1, -0.05) is 12.1 Å². The molecular weight excluding hydrogens is 254 g/mol. The third-order valence-corrected chi connectivity index (χ3v) is 3.27. The third-order valence-electron chi connectivity index (χ3n) is 3.27. The van der Waals surface area contributed by atoms with Gasteiger partial charge in [0.05, 0.1) is 5.69 Å². The van der Waals surface area contributed by atoms with Crippen LogP contribution < -0.4 is 5.32 Å². The highest BCUT2D eigenvalue weighted by Crippen LogP contribution is 2.17. The van der Waals surface area contributed by atoms with Crippen LogP contribution >= 0.6 is 0 Å². The van der Waals surface area contributed by atoms with E-state index in [1.165, 1.54) is 5.56 Å². The minimum absolute atomic E-state index is 0.262. The topological polar surface area (TPSA) is 64.9 Å². The fourth-order valence-corrected chi connectivity index (χ4v) is 2.12. The van der Waals surface area contributed by atoms with E-state index in [1.54, 1.807) is 18.1 Å². The van der Waals surface area contributed by atoms with E-state index in [4.69, 9.17) is 4.74 Å². The van der Waals surface area contributed by atoms with Crippen LogP contribution in [0.5, 0.6) is 0 Å². The Morgan fingerprint density at radius 1 is 1.35 bits per heavy atom. The van der Waals surface area contributed by atoms with E-state index < -0.39 is 0 Å². The van der Waals surface area contributed by atoms with Crippen molar-refractivity contribution in [2.24, 2.45) is 0 Å². The summed E-state index contributed by atoms with van der Waals surface area (Å²) in [4.78, 5) is 0. The Balaban J connectivity index is 2.03. The first-order chi connectivity index (χ1) is 9.70. The summed E-state index contributed by atoms with van der Waals surface area (Å²) >= 11 is 0. The number of methoxy groups -OCH3 is 1. The van der Waals surface area contributed by atoms with Crippen molar-refractivity contribution in [1.82, 2.24) is 25.5 Å². The SMILES string of the molecule is COCCC(C)NC(C)c1cccc(-n2cnnn2)c1. The molecule has 2 atom stereocenters. The van der Waals surface area contributed by atoms with Gasteiger partial charge < -0.3 is 10.1 Å². The van der Waals surface area contributed by atoms with Crippen molar-refractivity contribution in [3.8, 4) is 5.69 Å². The van der Waals surface area contributed by atoms with Gasteiger partial charge in [-0.2, -0.15) is 0 Å². The molecule has 0 aliphatic rings. The molecule has 1 N–H and O–H groups in total. The van der Waals surface area contributed by atoms with Crippen molar-refractivity contribution in [3.63, 3.8) is 0 Å². The summed E-state index contributed by atoms with van der Waals surface area (Å²) < 4.78 is 6.76. The maximum absolute atomic E-state index is 5.10. The van der Waals surface area contributed by atoms with E-state index >= 15 is 0 Å². The molecule has 108 valence electrons. The van der Waals surface area contributed by atoms with Gasteiger partial charge in [0.1, 0.15) is 6.33 Å². The maximum atomic E-state index is 5.10. The molecule has 0 fully saturated rings. The Hall–Kier alpha value is -1.79. The van der Waals surface area contributed by atoms with Gasteiger partial charge in [0.15, 0.2) is 0 Å². The predicted octanol–water partition coefficient (Wildman–Crippen LogP) is 1.74. The quantitative estimate of drug-likeness (QED) is 0.833. The van der Waals surface area contributed by atoms with Gasteiger partial charge in [0.25, 0.3) is 0 Å². The number of tetrazole rings is 1. The third kappa shape index (κ3) is 3.85. The second-order valence-corrected chi connectivity index (χ2v) is 4.92. The Kier molecular flexibility index (Phi) is 5.20. The molecule has 1 aromatic heterocycles. The molecule has 0 spiro atoms. The van der Waals surface area contributed by atoms with E-state index in [0.29, 0.717) is 6.04 Å². The highest BCUT2D eigenvalue weighted by molar-refractivity contribution is 5.35. The second kappa shape index (κ2) is 7.12. The molecule has 6 heteroatoms. The Morgan fingerprint density at radius 3 is 2.90 bits per heavy atom. The van der Waals surface area contributed by atoms with E-state index in [9.17, 15) is 0 Å². The van der Waals surface area contributed by atoms with Crippen LogP contribution in [0.3, 0.4) is 0 Å². The van der Waals surface area contributed by atoms with Gasteiger partial charge in [-0.25, -0.2) is 4.68 Å². The lowest BCUT2D eigenvalue weighted by molar-refractivity contribution is 0.183. The zero-order valence-electron chi connectivity index (χ0n) is 12.2. The van der Waals surface area contributed by atoms with Crippen molar-refractivity contribution in [1.29, 1.82) is 0 Å². The molecule has 2 aromatic rings. The summed E-state index contributed by atoms with van der Waals surface area (Å²) in [5.41, 5.74) is 2.17. The van der Waals surface area contributed by atoms with Crippen LogP contribution in [-0.2, 0) is 4.74 Å². The van der Waals surface area contributed by atoms with Gasteiger partial charge in [-0.15, -0.1) is 5.10 Å². The molecule has 0 radical (unpaired) electrons. The molecule has 0 bridgehead atoms. The van der Waals surface area contributed by atoms with E-state index in [1.807, 2.05) is 12.1 Å². The van der Waals surface area contributed by atoms with Crippen molar-refractivity contribution in [2.75, 3.05) is 13.7 Å². The summed E-state index contributed by atoms with van der Waals surface area (Å²) in [6.07, 6.45) is 2.59. The Morgan fingerprint density at radius 2 is 2.20 bits per heavy atom. The van der Waals surface area contributed by atoms with Crippen LogP contribution in [-0.4, -0.2) is 40.0 Å². The summed E-state index contributed by atoms with van der Waals surface area (Å²) in [7, 11) is 1.73. The minimum atomic E-state index is 0.262. The molecule has 2 rings (SSSR count). The zero-order valence-corrected chi connectivity index (χ0v) is 12.2. The molecule has 0 aliphatic carbocycles. The Bertz CT molecular complexity index is 514. The van der Waals surface area contributed by atoms with E-state index in [-0.39, 0.29) is 6.04 Å². The molecule has 1 aromatic carbocycles. The fraction of sp³-hybridized carbons (Fsp3) is 0.500. The van der Waals surface area contributed by atoms with Crippen molar-refractivity contribution >= 4 is 0 Å². The number of rotatable bonds is 7. The molecular formula is C14H21N5O. The molecule has 20 heavy (non-hydrogen) atoms. The van der Waals surface area contributed by atoms with Crippen LogP contribution in [0.4, 0.5) is 0 Å². The number of hydrogen-bond donors (Lipinski definition) is 1. The fourth-order valence-electron chi connectivity index (χ4n) is 2.12. The molecule has 6 nitrogen and oxygen atoms in total. The summed E-state index contributed by atoms with van der Waals surface area (Å²) in [6, 6.07) is 8.87. The molecule has 0 saturated heterocycles. The van der Waals surface area contributed by atoms with Crippen LogP contribution in [0.25, 0.3) is 5.69 Å². The molecule has 0 amide bonds. The monoisotopic (exact) mass is 275 g/mol. The van der Waals surface area contributed by atoms with Crippen molar-refractivity contribution in [3.05, 3.63) is 36.2 Å². The number of hydrogen-bond acceptors (Lipinski definition) is 5. The van der Waals surface area contributed by atoms with Gasteiger partial charge >= 0.3 is 0 Å². The average molecular weight is 275 g/mol. The maximum Gasteiger partial charge on any atom is 0.143 e. The van der Waals surface area contributed by atoms with Gasteiger partial charge in [0.2, 0.25) is 0 Å². The van der Waals surface area contributed by atoms with Crippen LogP contribution in [0.1, 0.15) is 31.9 Å². The lowest BCUT2D eigenvalue weighted by Crippen LogP contribution is -2.30. The first kappa shape index (κ1) is 14.6. The van der Waals surface area contributed by atoms with Gasteiger partial charge in [0, 0.05) is 25.8 Å². The van der Waals surface area contributed by atoms with Gasteiger partial charge in [-0.3, -0.25) is 0 Å².